The SMILES string of the molecule is C=C1C(=O)O[C@@H]2C/C(C)=C/CC[C@]3(C)O[C@@H]3C[C@@H]12. The van der Waals surface area contributed by atoms with Crippen LogP contribution in [-0.4, -0.2) is 23.8 Å². The minimum Gasteiger partial charge on any atom is -0.458 e. The summed E-state index contributed by atoms with van der Waals surface area (Å²) in [6, 6.07) is 0. The molecule has 2 aliphatic heterocycles. The van der Waals surface area contributed by atoms with E-state index in [0.717, 1.165) is 25.7 Å². The van der Waals surface area contributed by atoms with Gasteiger partial charge in [-0.3, -0.25) is 0 Å². The molecule has 0 aromatic carbocycles. The van der Waals surface area contributed by atoms with Gasteiger partial charge in [0.15, 0.2) is 0 Å². The molecular weight excluding hydrogens is 228 g/mol. The lowest BCUT2D eigenvalue weighted by atomic mass is 9.84. The van der Waals surface area contributed by atoms with Gasteiger partial charge in [0.05, 0.1) is 11.7 Å². The van der Waals surface area contributed by atoms with Gasteiger partial charge < -0.3 is 9.47 Å². The molecule has 3 nitrogen and oxygen atoms in total. The molecule has 3 heteroatoms. The van der Waals surface area contributed by atoms with Crippen molar-refractivity contribution in [2.24, 2.45) is 5.92 Å². The fourth-order valence-corrected chi connectivity index (χ4v) is 3.19. The maximum atomic E-state index is 11.7. The quantitative estimate of drug-likeness (QED) is 0.286. The van der Waals surface area contributed by atoms with Gasteiger partial charge in [0, 0.05) is 17.9 Å². The second kappa shape index (κ2) is 3.95. The lowest BCUT2D eigenvalue weighted by molar-refractivity contribution is -0.139. The van der Waals surface area contributed by atoms with Crippen LogP contribution in [0.3, 0.4) is 0 Å². The van der Waals surface area contributed by atoms with Gasteiger partial charge >= 0.3 is 5.97 Å². The van der Waals surface area contributed by atoms with Gasteiger partial charge in [-0.15, -0.1) is 0 Å². The summed E-state index contributed by atoms with van der Waals surface area (Å²) in [5.41, 5.74) is 1.94. The standard InChI is InChI=1S/C15H20O3/c1-9-5-4-6-15(3)13(18-15)8-11-10(2)14(16)17-12(11)7-9/h5,11-13H,2,4,6-8H2,1,3H3/b9-5+/t11-,12+,13+,15-/m0/s1. The summed E-state index contributed by atoms with van der Waals surface area (Å²) < 4.78 is 11.3. The molecule has 2 fully saturated rings. The molecule has 0 spiro atoms. The molecule has 3 aliphatic rings. The van der Waals surface area contributed by atoms with Gasteiger partial charge in [-0.1, -0.05) is 18.2 Å². The number of esters is 1. The highest BCUT2D eigenvalue weighted by Crippen LogP contribution is 2.48. The zero-order chi connectivity index (χ0) is 12.9. The highest BCUT2D eigenvalue weighted by Gasteiger charge is 2.54. The largest absolute Gasteiger partial charge is 0.458 e. The first kappa shape index (κ1) is 12.0. The fourth-order valence-electron chi connectivity index (χ4n) is 3.19. The number of carbonyl (C=O) groups excluding carboxylic acids is 1. The highest BCUT2D eigenvalue weighted by atomic mass is 16.6. The van der Waals surface area contributed by atoms with Crippen LogP contribution < -0.4 is 0 Å². The van der Waals surface area contributed by atoms with E-state index in [1.165, 1.54) is 5.57 Å². The van der Waals surface area contributed by atoms with Gasteiger partial charge in [0.1, 0.15) is 6.10 Å². The van der Waals surface area contributed by atoms with E-state index in [2.05, 4.69) is 26.5 Å². The van der Waals surface area contributed by atoms with Crippen molar-refractivity contribution in [1.29, 1.82) is 0 Å². The van der Waals surface area contributed by atoms with Crippen LogP contribution in [0.1, 0.15) is 39.5 Å². The molecule has 2 heterocycles. The molecule has 2 saturated heterocycles. The molecule has 0 N–H and O–H groups in total. The van der Waals surface area contributed by atoms with Crippen LogP contribution in [0, 0.1) is 5.92 Å². The van der Waals surface area contributed by atoms with Crippen LogP contribution in [0.25, 0.3) is 0 Å². The monoisotopic (exact) mass is 248 g/mol. The molecule has 0 saturated carbocycles. The summed E-state index contributed by atoms with van der Waals surface area (Å²) in [7, 11) is 0. The van der Waals surface area contributed by atoms with Gasteiger partial charge in [-0.2, -0.15) is 0 Å². The van der Waals surface area contributed by atoms with E-state index < -0.39 is 0 Å². The molecule has 0 unspecified atom stereocenters. The van der Waals surface area contributed by atoms with Crippen molar-refractivity contribution in [3.63, 3.8) is 0 Å². The smallest absolute Gasteiger partial charge is 0.334 e. The molecule has 98 valence electrons. The Balaban J connectivity index is 1.86. The maximum absolute atomic E-state index is 11.7. The van der Waals surface area contributed by atoms with E-state index in [4.69, 9.17) is 9.47 Å². The third kappa shape index (κ3) is 1.91. The molecule has 3 rings (SSSR count). The molecule has 4 atom stereocenters. The third-order valence-corrected chi connectivity index (χ3v) is 4.58. The first-order valence-corrected chi connectivity index (χ1v) is 6.73. The maximum Gasteiger partial charge on any atom is 0.334 e. The molecule has 0 aromatic rings. The van der Waals surface area contributed by atoms with Gasteiger partial charge in [0.25, 0.3) is 0 Å². The Morgan fingerprint density at radius 3 is 3.06 bits per heavy atom. The lowest BCUT2D eigenvalue weighted by Gasteiger charge is -2.19. The third-order valence-electron chi connectivity index (χ3n) is 4.58. The number of ether oxygens (including phenoxy) is 2. The van der Waals surface area contributed by atoms with Crippen molar-refractivity contribution < 1.29 is 14.3 Å². The van der Waals surface area contributed by atoms with Crippen LogP contribution in [0.5, 0.6) is 0 Å². The molecular formula is C15H20O3. The number of hydrogen-bond acceptors (Lipinski definition) is 3. The Kier molecular flexibility index (Phi) is 2.63. The first-order valence-electron chi connectivity index (χ1n) is 6.73. The Bertz CT molecular complexity index is 437. The van der Waals surface area contributed by atoms with Crippen molar-refractivity contribution in [3.8, 4) is 0 Å². The van der Waals surface area contributed by atoms with Crippen molar-refractivity contribution in [2.75, 3.05) is 0 Å². The predicted molar refractivity (Wildman–Crippen MR) is 68.0 cm³/mol. The van der Waals surface area contributed by atoms with Crippen LogP contribution in [0.2, 0.25) is 0 Å². The lowest BCUT2D eigenvalue weighted by Crippen LogP contribution is -2.22. The predicted octanol–water partition coefficient (Wildman–Crippen LogP) is 2.76. The number of hydrogen-bond donors (Lipinski definition) is 0. The Morgan fingerprint density at radius 1 is 1.50 bits per heavy atom. The van der Waals surface area contributed by atoms with Crippen LogP contribution in [0.4, 0.5) is 0 Å². The Labute approximate surface area is 108 Å². The number of allylic oxidation sites excluding steroid dienone is 1. The zero-order valence-electron chi connectivity index (χ0n) is 11.1. The summed E-state index contributed by atoms with van der Waals surface area (Å²) in [5, 5.41) is 0. The van der Waals surface area contributed by atoms with Gasteiger partial charge in [0.2, 0.25) is 0 Å². The molecule has 0 amide bonds. The molecule has 0 radical (unpaired) electrons. The number of fused-ring (bicyclic) bond motifs is 2. The average Bonchev–Trinajstić information content (AvgIpc) is 2.86. The van der Waals surface area contributed by atoms with E-state index in [1.54, 1.807) is 0 Å². The highest BCUT2D eigenvalue weighted by molar-refractivity contribution is 5.90. The summed E-state index contributed by atoms with van der Waals surface area (Å²) in [4.78, 5) is 11.7. The van der Waals surface area contributed by atoms with E-state index >= 15 is 0 Å². The average molecular weight is 248 g/mol. The van der Waals surface area contributed by atoms with Crippen molar-refractivity contribution >= 4 is 5.97 Å². The molecule has 1 aliphatic carbocycles. The summed E-state index contributed by atoms with van der Waals surface area (Å²) >= 11 is 0. The van der Waals surface area contributed by atoms with Crippen molar-refractivity contribution in [3.05, 3.63) is 23.8 Å². The van der Waals surface area contributed by atoms with E-state index in [9.17, 15) is 4.79 Å². The van der Waals surface area contributed by atoms with Crippen LogP contribution >= 0.6 is 0 Å². The minimum absolute atomic E-state index is 0.00455. The second-order valence-electron chi connectivity index (χ2n) is 6.02. The van der Waals surface area contributed by atoms with Crippen LogP contribution in [0.15, 0.2) is 23.8 Å². The minimum atomic E-state index is -0.223. The normalized spacial score (nSPS) is 46.6. The number of rotatable bonds is 0. The van der Waals surface area contributed by atoms with Gasteiger partial charge in [-0.25, -0.2) is 4.79 Å². The van der Waals surface area contributed by atoms with E-state index in [-0.39, 0.29) is 29.7 Å². The molecule has 18 heavy (non-hydrogen) atoms. The summed E-state index contributed by atoms with van der Waals surface area (Å²) in [5.74, 6) is -0.0924. The van der Waals surface area contributed by atoms with Gasteiger partial charge in [-0.05, 0) is 33.1 Å². The van der Waals surface area contributed by atoms with E-state index in [1.807, 2.05) is 0 Å². The second-order valence-corrected chi connectivity index (χ2v) is 6.02. The first-order chi connectivity index (χ1) is 8.49. The molecule has 0 bridgehead atoms. The zero-order valence-corrected chi connectivity index (χ0v) is 11.1. The van der Waals surface area contributed by atoms with Crippen LogP contribution in [-0.2, 0) is 14.3 Å². The number of epoxide rings is 1. The summed E-state index contributed by atoms with van der Waals surface area (Å²) in [6.07, 6.45) is 6.30. The topological polar surface area (TPSA) is 38.8 Å². The van der Waals surface area contributed by atoms with E-state index in [0.29, 0.717) is 5.57 Å². The fraction of sp³-hybridized carbons (Fsp3) is 0.667. The molecule has 0 aromatic heterocycles. The van der Waals surface area contributed by atoms with Crippen molar-refractivity contribution in [1.82, 2.24) is 0 Å². The Morgan fingerprint density at radius 2 is 2.28 bits per heavy atom. The number of carbonyl (C=O) groups is 1. The summed E-state index contributed by atoms with van der Waals surface area (Å²) in [6.45, 7) is 8.17. The van der Waals surface area contributed by atoms with Crippen molar-refractivity contribution in [2.45, 2.75) is 57.3 Å². The Hall–Kier alpha value is -1.09.